The molecular formula is C15H19NO7. The van der Waals surface area contributed by atoms with E-state index in [2.05, 4.69) is 5.32 Å². The zero-order chi connectivity index (χ0) is 17.0. The van der Waals surface area contributed by atoms with E-state index in [1.54, 1.807) is 18.2 Å². The summed E-state index contributed by atoms with van der Waals surface area (Å²) in [7, 11) is 0. The molecule has 0 aliphatic carbocycles. The van der Waals surface area contributed by atoms with Crippen molar-refractivity contribution in [3.05, 3.63) is 35.9 Å². The predicted octanol–water partition coefficient (Wildman–Crippen LogP) is -1.21. The van der Waals surface area contributed by atoms with E-state index in [0.717, 1.165) is 0 Å². The highest BCUT2D eigenvalue weighted by Gasteiger charge is 2.47. The molecule has 1 fully saturated rings. The Labute approximate surface area is 132 Å². The van der Waals surface area contributed by atoms with Crippen LogP contribution in [0.5, 0.6) is 0 Å². The van der Waals surface area contributed by atoms with E-state index in [4.69, 9.17) is 9.47 Å². The van der Waals surface area contributed by atoms with Gasteiger partial charge < -0.3 is 30.1 Å². The zero-order valence-electron chi connectivity index (χ0n) is 12.5. The molecule has 126 valence electrons. The van der Waals surface area contributed by atoms with Crippen molar-refractivity contribution in [1.29, 1.82) is 0 Å². The molecule has 1 saturated heterocycles. The van der Waals surface area contributed by atoms with Gasteiger partial charge in [-0.2, -0.15) is 0 Å². The highest BCUT2D eigenvalue weighted by atomic mass is 16.6. The first-order chi connectivity index (χ1) is 10.9. The first kappa shape index (κ1) is 17.4. The number of hydrogen-bond acceptors (Lipinski definition) is 7. The molecule has 8 heteroatoms. The number of nitrogens with one attached hydrogen (secondary N) is 1. The second-order valence-corrected chi connectivity index (χ2v) is 5.20. The minimum Gasteiger partial charge on any atom is -0.453 e. The van der Waals surface area contributed by atoms with Crippen LogP contribution in [0.15, 0.2) is 30.3 Å². The van der Waals surface area contributed by atoms with Crippen LogP contribution in [-0.4, -0.2) is 64.4 Å². The van der Waals surface area contributed by atoms with Crippen LogP contribution in [0.3, 0.4) is 0 Å². The fourth-order valence-corrected chi connectivity index (χ4v) is 2.38. The van der Waals surface area contributed by atoms with Crippen LogP contribution in [-0.2, 0) is 14.3 Å². The van der Waals surface area contributed by atoms with E-state index in [0.29, 0.717) is 0 Å². The molecule has 1 aliphatic heterocycles. The Morgan fingerprint density at radius 3 is 2.48 bits per heavy atom. The molecule has 1 amide bonds. The highest BCUT2D eigenvalue weighted by molar-refractivity contribution is 5.89. The standard InChI is InChI=1S/C15H19NO7/c1-8(18)16-11-13(12(19)10(7-17)22-15(11)21)23-14(20)9-5-3-2-4-6-9/h2-6,10-13,15,17,19,21H,7H2,1H3,(H,16,18)/t10-,11+,12+,13-,15-/m0/s1. The van der Waals surface area contributed by atoms with Gasteiger partial charge in [0.25, 0.3) is 0 Å². The van der Waals surface area contributed by atoms with Crippen molar-refractivity contribution in [3.8, 4) is 0 Å². The number of rotatable bonds is 4. The Morgan fingerprint density at radius 2 is 1.91 bits per heavy atom. The third-order valence-electron chi connectivity index (χ3n) is 3.50. The van der Waals surface area contributed by atoms with E-state index < -0.39 is 49.1 Å². The van der Waals surface area contributed by atoms with Gasteiger partial charge in [-0.05, 0) is 12.1 Å². The van der Waals surface area contributed by atoms with Gasteiger partial charge in [0.1, 0.15) is 18.2 Å². The number of hydrogen-bond donors (Lipinski definition) is 4. The molecular weight excluding hydrogens is 306 g/mol. The molecule has 1 aromatic rings. The fourth-order valence-electron chi connectivity index (χ4n) is 2.38. The molecule has 1 aromatic carbocycles. The van der Waals surface area contributed by atoms with Gasteiger partial charge in [0, 0.05) is 6.92 Å². The molecule has 8 nitrogen and oxygen atoms in total. The quantitative estimate of drug-likeness (QED) is 0.512. The highest BCUT2D eigenvalue weighted by Crippen LogP contribution is 2.23. The van der Waals surface area contributed by atoms with Gasteiger partial charge in [-0.1, -0.05) is 18.2 Å². The second kappa shape index (κ2) is 7.51. The van der Waals surface area contributed by atoms with Gasteiger partial charge in [0.15, 0.2) is 12.4 Å². The predicted molar refractivity (Wildman–Crippen MR) is 77.2 cm³/mol. The summed E-state index contributed by atoms with van der Waals surface area (Å²) in [5, 5.41) is 31.7. The van der Waals surface area contributed by atoms with Crippen LogP contribution in [0.4, 0.5) is 0 Å². The van der Waals surface area contributed by atoms with Crippen LogP contribution in [0.25, 0.3) is 0 Å². The molecule has 2 rings (SSSR count). The van der Waals surface area contributed by atoms with Crippen molar-refractivity contribution in [3.63, 3.8) is 0 Å². The summed E-state index contributed by atoms with van der Waals surface area (Å²) in [6.07, 6.45) is -5.35. The number of aliphatic hydroxyl groups is 3. The van der Waals surface area contributed by atoms with Gasteiger partial charge in [-0.25, -0.2) is 4.79 Å². The smallest absolute Gasteiger partial charge is 0.338 e. The van der Waals surface area contributed by atoms with Crippen LogP contribution in [0.1, 0.15) is 17.3 Å². The van der Waals surface area contributed by atoms with Crippen molar-refractivity contribution in [1.82, 2.24) is 5.32 Å². The molecule has 1 heterocycles. The summed E-state index contributed by atoms with van der Waals surface area (Å²) < 4.78 is 10.3. The van der Waals surface area contributed by atoms with E-state index in [9.17, 15) is 24.9 Å². The maximum Gasteiger partial charge on any atom is 0.338 e. The van der Waals surface area contributed by atoms with Gasteiger partial charge in [0.05, 0.1) is 12.2 Å². The Balaban J connectivity index is 2.21. The van der Waals surface area contributed by atoms with Gasteiger partial charge in [-0.3, -0.25) is 4.79 Å². The van der Waals surface area contributed by atoms with Gasteiger partial charge >= 0.3 is 5.97 Å². The third kappa shape index (κ3) is 4.05. The topological polar surface area (TPSA) is 125 Å². The van der Waals surface area contributed by atoms with E-state index in [1.807, 2.05) is 0 Å². The van der Waals surface area contributed by atoms with Crippen molar-refractivity contribution < 1.29 is 34.4 Å². The summed E-state index contributed by atoms with van der Waals surface area (Å²) >= 11 is 0. The molecule has 0 bridgehead atoms. The van der Waals surface area contributed by atoms with Crippen molar-refractivity contribution in [2.24, 2.45) is 0 Å². The van der Waals surface area contributed by atoms with Crippen molar-refractivity contribution in [2.45, 2.75) is 37.6 Å². The number of carbonyl (C=O) groups excluding carboxylic acids is 2. The van der Waals surface area contributed by atoms with E-state index in [1.165, 1.54) is 19.1 Å². The van der Waals surface area contributed by atoms with Gasteiger partial charge in [-0.15, -0.1) is 0 Å². The number of carbonyl (C=O) groups is 2. The Bertz CT molecular complexity index is 550. The maximum absolute atomic E-state index is 12.2. The zero-order valence-corrected chi connectivity index (χ0v) is 12.5. The molecule has 0 radical (unpaired) electrons. The van der Waals surface area contributed by atoms with Crippen molar-refractivity contribution >= 4 is 11.9 Å². The third-order valence-corrected chi connectivity index (χ3v) is 3.50. The Morgan fingerprint density at radius 1 is 1.26 bits per heavy atom. The summed E-state index contributed by atoms with van der Waals surface area (Å²) in [5.74, 6) is -1.22. The molecule has 5 atom stereocenters. The lowest BCUT2D eigenvalue weighted by atomic mass is 9.96. The van der Waals surface area contributed by atoms with E-state index in [-0.39, 0.29) is 5.56 Å². The molecule has 0 aromatic heterocycles. The first-order valence-electron chi connectivity index (χ1n) is 7.09. The van der Waals surface area contributed by atoms with Gasteiger partial charge in [0.2, 0.25) is 5.91 Å². The molecule has 0 saturated carbocycles. The summed E-state index contributed by atoms with van der Waals surface area (Å²) in [5.41, 5.74) is 0.253. The SMILES string of the molecule is CC(=O)N[C@@H]1[C@H](OC(=O)c2ccccc2)[C@H](O)[C@H](CO)O[C@@H]1O. The molecule has 4 N–H and O–H groups in total. The number of benzene rings is 1. The van der Waals surface area contributed by atoms with Crippen LogP contribution in [0.2, 0.25) is 0 Å². The normalized spacial score (nSPS) is 30.5. The maximum atomic E-state index is 12.2. The number of ether oxygens (including phenoxy) is 2. The Hall–Kier alpha value is -2.00. The average Bonchev–Trinajstić information content (AvgIpc) is 2.54. The van der Waals surface area contributed by atoms with E-state index >= 15 is 0 Å². The lowest BCUT2D eigenvalue weighted by Gasteiger charge is -2.41. The minimum absolute atomic E-state index is 0.253. The average molecular weight is 325 g/mol. The minimum atomic E-state index is -1.53. The van der Waals surface area contributed by atoms with Crippen LogP contribution < -0.4 is 5.32 Å². The largest absolute Gasteiger partial charge is 0.453 e. The monoisotopic (exact) mass is 325 g/mol. The Kier molecular flexibility index (Phi) is 5.67. The number of esters is 1. The summed E-state index contributed by atoms with van der Waals surface area (Å²) in [6, 6.07) is 6.92. The van der Waals surface area contributed by atoms with Crippen LogP contribution >= 0.6 is 0 Å². The lowest BCUT2D eigenvalue weighted by molar-refractivity contribution is -0.253. The van der Waals surface area contributed by atoms with Crippen LogP contribution in [0, 0.1) is 0 Å². The molecule has 23 heavy (non-hydrogen) atoms. The number of aliphatic hydroxyl groups excluding tert-OH is 3. The fraction of sp³-hybridized carbons (Fsp3) is 0.467. The summed E-state index contributed by atoms with van der Waals surface area (Å²) in [4.78, 5) is 23.4. The summed E-state index contributed by atoms with van der Waals surface area (Å²) in [6.45, 7) is 0.637. The first-order valence-corrected chi connectivity index (χ1v) is 7.09. The van der Waals surface area contributed by atoms with Crippen molar-refractivity contribution in [2.75, 3.05) is 6.61 Å². The second-order valence-electron chi connectivity index (χ2n) is 5.20. The lowest BCUT2D eigenvalue weighted by Crippen LogP contribution is -2.65. The molecule has 0 spiro atoms. The molecule has 0 unspecified atom stereocenters. The number of amides is 1. The molecule has 1 aliphatic rings.